The summed E-state index contributed by atoms with van der Waals surface area (Å²) in [6.45, 7) is 0. The molecule has 3 heteroatoms. The first kappa shape index (κ1) is 28.4. The summed E-state index contributed by atoms with van der Waals surface area (Å²) in [5.41, 5.74) is 12.1. The van der Waals surface area contributed by atoms with Gasteiger partial charge in [0.05, 0.1) is 27.8 Å². The van der Waals surface area contributed by atoms with Crippen LogP contribution >= 0.6 is 11.3 Å². The average Bonchev–Trinajstić information content (AvgIpc) is 3.85. The van der Waals surface area contributed by atoms with Crippen LogP contribution < -0.4 is 0 Å². The molecule has 0 fully saturated rings. The van der Waals surface area contributed by atoms with Gasteiger partial charge in [-0.2, -0.15) is 0 Å². The van der Waals surface area contributed by atoms with E-state index < -0.39 is 0 Å². The second-order valence-electron chi connectivity index (χ2n) is 13.3. The SMILES string of the molecule is c1ccc(-c2ccc(-n3c4ccccc4c4ccc(-c5ccc6c(c5)c5ccccc5n6-c5cccc6sc7ccccc7c56)cc43)cc2)cc1. The number of aromatic nitrogens is 2. The lowest BCUT2D eigenvalue weighted by molar-refractivity contribution is 1.18. The molecule has 0 aliphatic rings. The summed E-state index contributed by atoms with van der Waals surface area (Å²) in [4.78, 5) is 0. The van der Waals surface area contributed by atoms with Gasteiger partial charge in [0.1, 0.15) is 0 Å². The second kappa shape index (κ2) is 11.0. The van der Waals surface area contributed by atoms with Crippen LogP contribution in [0.2, 0.25) is 0 Å². The predicted molar refractivity (Wildman–Crippen MR) is 219 cm³/mol. The number of thiophene rings is 1. The molecule has 238 valence electrons. The van der Waals surface area contributed by atoms with Gasteiger partial charge >= 0.3 is 0 Å². The molecule has 0 aliphatic carbocycles. The zero-order valence-corrected chi connectivity index (χ0v) is 28.4. The molecule has 0 saturated carbocycles. The Labute approximate surface area is 298 Å². The predicted octanol–water partition coefficient (Wildman–Crippen LogP) is 13.6. The van der Waals surface area contributed by atoms with Crippen LogP contribution in [0, 0.1) is 0 Å². The standard InChI is InChI=1S/C48H30N2S/c1-2-11-31(12-3-1)32-21-25-35(26-22-32)49-41-16-7-4-13-36(41)38-27-23-34(30-45(38)49)33-24-28-43-40(29-33)37-14-5-8-17-42(37)50(43)44-18-10-20-47-48(44)39-15-6-9-19-46(39)51-47/h1-30H. The van der Waals surface area contributed by atoms with Gasteiger partial charge in [0, 0.05) is 47.4 Å². The molecular weight excluding hydrogens is 637 g/mol. The maximum Gasteiger partial charge on any atom is 0.0555 e. The van der Waals surface area contributed by atoms with Gasteiger partial charge < -0.3 is 9.13 Å². The zero-order chi connectivity index (χ0) is 33.5. The highest BCUT2D eigenvalue weighted by atomic mass is 32.1. The Morgan fingerprint density at radius 3 is 1.71 bits per heavy atom. The molecule has 0 bridgehead atoms. The molecular formula is C48H30N2S. The van der Waals surface area contributed by atoms with Gasteiger partial charge in [-0.15, -0.1) is 11.3 Å². The van der Waals surface area contributed by atoms with Crippen molar-refractivity contribution in [1.82, 2.24) is 9.13 Å². The van der Waals surface area contributed by atoms with E-state index in [1.165, 1.54) is 91.7 Å². The van der Waals surface area contributed by atoms with Crippen molar-refractivity contribution in [3.05, 3.63) is 182 Å². The quantitative estimate of drug-likeness (QED) is 0.177. The summed E-state index contributed by atoms with van der Waals surface area (Å²) >= 11 is 1.87. The van der Waals surface area contributed by atoms with Crippen molar-refractivity contribution in [1.29, 1.82) is 0 Å². The van der Waals surface area contributed by atoms with E-state index in [1.807, 2.05) is 11.3 Å². The number of hydrogen-bond acceptors (Lipinski definition) is 1. The molecule has 0 atom stereocenters. The molecule has 0 spiro atoms. The van der Waals surface area contributed by atoms with Crippen molar-refractivity contribution in [2.24, 2.45) is 0 Å². The number of para-hydroxylation sites is 2. The molecule has 0 amide bonds. The third kappa shape index (κ3) is 4.29. The first-order valence-electron chi connectivity index (χ1n) is 17.4. The maximum atomic E-state index is 2.47. The van der Waals surface area contributed by atoms with Crippen LogP contribution in [0.4, 0.5) is 0 Å². The van der Waals surface area contributed by atoms with E-state index in [9.17, 15) is 0 Å². The normalized spacial score (nSPS) is 11.9. The first-order chi connectivity index (χ1) is 25.3. The highest BCUT2D eigenvalue weighted by molar-refractivity contribution is 7.25. The van der Waals surface area contributed by atoms with Crippen molar-refractivity contribution in [3.63, 3.8) is 0 Å². The maximum absolute atomic E-state index is 2.47. The Morgan fingerprint density at radius 2 is 0.882 bits per heavy atom. The van der Waals surface area contributed by atoms with Gasteiger partial charge in [-0.05, 0) is 82.9 Å². The second-order valence-corrected chi connectivity index (χ2v) is 14.4. The lowest BCUT2D eigenvalue weighted by Gasteiger charge is -2.11. The minimum absolute atomic E-state index is 1.16. The molecule has 11 aromatic rings. The smallest absolute Gasteiger partial charge is 0.0555 e. The lowest BCUT2D eigenvalue weighted by atomic mass is 10.0. The summed E-state index contributed by atoms with van der Waals surface area (Å²) in [7, 11) is 0. The van der Waals surface area contributed by atoms with Crippen LogP contribution in [0.5, 0.6) is 0 Å². The van der Waals surface area contributed by atoms with Gasteiger partial charge in [-0.25, -0.2) is 0 Å². The van der Waals surface area contributed by atoms with Gasteiger partial charge in [0.15, 0.2) is 0 Å². The fourth-order valence-electron chi connectivity index (χ4n) is 8.22. The molecule has 0 saturated heterocycles. The van der Waals surface area contributed by atoms with E-state index in [4.69, 9.17) is 0 Å². The third-order valence-electron chi connectivity index (χ3n) is 10.5. The number of benzene rings is 8. The first-order valence-corrected chi connectivity index (χ1v) is 18.3. The van der Waals surface area contributed by atoms with E-state index in [2.05, 4.69) is 191 Å². The molecule has 0 radical (unpaired) electrons. The molecule has 2 nitrogen and oxygen atoms in total. The van der Waals surface area contributed by atoms with Gasteiger partial charge in [-0.1, -0.05) is 121 Å². The van der Waals surface area contributed by atoms with Crippen LogP contribution in [0.3, 0.4) is 0 Å². The minimum atomic E-state index is 1.16. The third-order valence-corrected chi connectivity index (χ3v) is 11.7. The molecule has 0 aliphatic heterocycles. The zero-order valence-electron chi connectivity index (χ0n) is 27.6. The Hall–Kier alpha value is -6.42. The van der Waals surface area contributed by atoms with Gasteiger partial charge in [-0.3, -0.25) is 0 Å². The molecule has 0 N–H and O–H groups in total. The number of fused-ring (bicyclic) bond motifs is 9. The molecule has 51 heavy (non-hydrogen) atoms. The van der Waals surface area contributed by atoms with Crippen molar-refractivity contribution >= 4 is 75.1 Å². The lowest BCUT2D eigenvalue weighted by Crippen LogP contribution is -1.95. The Bertz CT molecular complexity index is 3120. The van der Waals surface area contributed by atoms with Crippen molar-refractivity contribution in [2.45, 2.75) is 0 Å². The molecule has 3 aromatic heterocycles. The highest BCUT2D eigenvalue weighted by Crippen LogP contribution is 2.42. The fraction of sp³-hybridized carbons (Fsp3) is 0. The van der Waals surface area contributed by atoms with Crippen LogP contribution in [-0.2, 0) is 0 Å². The number of rotatable bonds is 4. The molecule has 11 rings (SSSR count). The largest absolute Gasteiger partial charge is 0.309 e. The highest BCUT2D eigenvalue weighted by Gasteiger charge is 2.18. The number of nitrogens with zero attached hydrogens (tertiary/aromatic N) is 2. The summed E-state index contributed by atoms with van der Waals surface area (Å²) in [5, 5.41) is 7.68. The number of hydrogen-bond donors (Lipinski definition) is 0. The minimum Gasteiger partial charge on any atom is -0.309 e. The summed E-state index contributed by atoms with van der Waals surface area (Å²) in [6, 6.07) is 66.6. The summed E-state index contributed by atoms with van der Waals surface area (Å²) < 4.78 is 7.52. The van der Waals surface area contributed by atoms with Gasteiger partial charge in [0.2, 0.25) is 0 Å². The van der Waals surface area contributed by atoms with Crippen molar-refractivity contribution < 1.29 is 0 Å². The summed E-state index contributed by atoms with van der Waals surface area (Å²) in [5.74, 6) is 0. The monoisotopic (exact) mass is 666 g/mol. The molecule has 3 heterocycles. The van der Waals surface area contributed by atoms with E-state index in [0.717, 1.165) is 5.69 Å². The summed E-state index contributed by atoms with van der Waals surface area (Å²) in [6.07, 6.45) is 0. The van der Waals surface area contributed by atoms with Crippen LogP contribution in [0.25, 0.3) is 97.4 Å². The van der Waals surface area contributed by atoms with E-state index in [1.54, 1.807) is 0 Å². The molecule has 8 aromatic carbocycles. The van der Waals surface area contributed by atoms with Crippen molar-refractivity contribution in [2.75, 3.05) is 0 Å². The molecule has 0 unspecified atom stereocenters. The topological polar surface area (TPSA) is 9.86 Å². The van der Waals surface area contributed by atoms with Crippen LogP contribution in [-0.4, -0.2) is 9.13 Å². The average molecular weight is 667 g/mol. The Balaban J connectivity index is 1.10. The van der Waals surface area contributed by atoms with E-state index in [-0.39, 0.29) is 0 Å². The van der Waals surface area contributed by atoms with Gasteiger partial charge in [0.25, 0.3) is 0 Å². The van der Waals surface area contributed by atoms with E-state index in [0.29, 0.717) is 0 Å². The van der Waals surface area contributed by atoms with Crippen LogP contribution in [0.15, 0.2) is 182 Å². The fourth-order valence-corrected chi connectivity index (χ4v) is 9.34. The van der Waals surface area contributed by atoms with E-state index >= 15 is 0 Å². The Morgan fingerprint density at radius 1 is 0.314 bits per heavy atom. The van der Waals surface area contributed by atoms with Crippen LogP contribution in [0.1, 0.15) is 0 Å². The Kier molecular flexibility index (Phi) is 6.16. The van der Waals surface area contributed by atoms with Crippen molar-refractivity contribution in [3.8, 4) is 33.6 Å².